The number of H-pyrrole nitrogens is 1. The molecule has 0 radical (unpaired) electrons. The summed E-state index contributed by atoms with van der Waals surface area (Å²) in [6.07, 6.45) is 3.92. The van der Waals surface area contributed by atoms with E-state index in [4.69, 9.17) is 5.73 Å². The van der Waals surface area contributed by atoms with Crippen LogP contribution in [0.1, 0.15) is 42.3 Å². The van der Waals surface area contributed by atoms with Crippen molar-refractivity contribution >= 4 is 0 Å². The third-order valence-electron chi connectivity index (χ3n) is 2.84. The molecule has 1 heterocycles. The van der Waals surface area contributed by atoms with Crippen LogP contribution in [0, 0.1) is 19.8 Å². The van der Waals surface area contributed by atoms with E-state index in [-0.39, 0.29) is 6.04 Å². The Kier molecular flexibility index (Phi) is 2.16. The maximum Gasteiger partial charge on any atom is 0.0453 e. The Hall–Kier alpha value is -0.760. The molecule has 2 rings (SSSR count). The van der Waals surface area contributed by atoms with Crippen molar-refractivity contribution in [3.63, 3.8) is 0 Å². The summed E-state index contributed by atoms with van der Waals surface area (Å²) in [5, 5.41) is 0. The number of aromatic amines is 1. The molecule has 0 aliphatic heterocycles. The van der Waals surface area contributed by atoms with Crippen LogP contribution in [-0.4, -0.2) is 4.98 Å². The summed E-state index contributed by atoms with van der Waals surface area (Å²) in [7, 11) is 0. The van der Waals surface area contributed by atoms with Crippen molar-refractivity contribution in [2.75, 3.05) is 0 Å². The highest BCUT2D eigenvalue weighted by atomic mass is 14.8. The molecule has 2 heteroatoms. The Morgan fingerprint density at radius 2 is 2.23 bits per heavy atom. The second-order valence-electron chi connectivity index (χ2n) is 4.33. The lowest BCUT2D eigenvalue weighted by molar-refractivity contribution is 0.583. The quantitative estimate of drug-likeness (QED) is 0.733. The molecule has 1 atom stereocenters. The minimum Gasteiger partial charge on any atom is -0.361 e. The molecule has 0 spiro atoms. The van der Waals surface area contributed by atoms with Crippen molar-refractivity contribution in [2.45, 2.75) is 39.2 Å². The molecule has 1 aromatic heterocycles. The second kappa shape index (κ2) is 3.18. The largest absolute Gasteiger partial charge is 0.361 e. The smallest absolute Gasteiger partial charge is 0.0453 e. The first-order valence-corrected chi connectivity index (χ1v) is 5.08. The number of nitrogens with one attached hydrogen (secondary N) is 1. The molecule has 1 aromatic rings. The Morgan fingerprint density at radius 1 is 1.54 bits per heavy atom. The summed E-state index contributed by atoms with van der Waals surface area (Å²) in [6, 6.07) is 2.39. The molecule has 1 fully saturated rings. The fraction of sp³-hybridized carbons (Fsp3) is 0.636. The van der Waals surface area contributed by atoms with Crippen LogP contribution in [0.4, 0.5) is 0 Å². The fourth-order valence-electron chi connectivity index (χ4n) is 1.97. The summed E-state index contributed by atoms with van der Waals surface area (Å²) in [6.45, 7) is 4.21. The summed E-state index contributed by atoms with van der Waals surface area (Å²) in [5.41, 5.74) is 9.89. The molecule has 0 saturated heterocycles. The van der Waals surface area contributed by atoms with E-state index in [0.717, 1.165) is 12.3 Å². The van der Waals surface area contributed by atoms with Crippen molar-refractivity contribution in [1.29, 1.82) is 0 Å². The first kappa shape index (κ1) is 8.82. The molecule has 0 bridgehead atoms. The Bertz CT molecular complexity index is 297. The molecular formula is C11H18N2. The first-order valence-electron chi connectivity index (χ1n) is 5.08. The lowest BCUT2D eigenvalue weighted by atomic mass is 10.1. The molecule has 1 saturated carbocycles. The summed E-state index contributed by atoms with van der Waals surface area (Å²) < 4.78 is 0. The van der Waals surface area contributed by atoms with Crippen molar-refractivity contribution in [1.82, 2.24) is 4.98 Å². The summed E-state index contributed by atoms with van der Waals surface area (Å²) in [5.74, 6) is 0.901. The first-order chi connectivity index (χ1) is 6.16. The lowest BCUT2D eigenvalue weighted by Crippen LogP contribution is -2.12. The fourth-order valence-corrected chi connectivity index (χ4v) is 1.97. The average Bonchev–Trinajstić information content (AvgIpc) is 2.77. The van der Waals surface area contributed by atoms with Gasteiger partial charge in [-0.05, 0) is 37.8 Å². The van der Waals surface area contributed by atoms with Crippen molar-refractivity contribution < 1.29 is 0 Å². The molecule has 13 heavy (non-hydrogen) atoms. The van der Waals surface area contributed by atoms with Gasteiger partial charge in [-0.15, -0.1) is 0 Å². The van der Waals surface area contributed by atoms with E-state index in [1.807, 2.05) is 0 Å². The second-order valence-corrected chi connectivity index (χ2v) is 4.33. The van der Waals surface area contributed by atoms with E-state index in [2.05, 4.69) is 24.9 Å². The average molecular weight is 178 g/mol. The zero-order valence-electron chi connectivity index (χ0n) is 8.43. The van der Waals surface area contributed by atoms with E-state index in [0.29, 0.717) is 0 Å². The van der Waals surface area contributed by atoms with Crippen LogP contribution in [-0.2, 0) is 0 Å². The number of aromatic nitrogens is 1. The van der Waals surface area contributed by atoms with Crippen LogP contribution in [0.3, 0.4) is 0 Å². The Balaban J connectivity index is 2.08. The van der Waals surface area contributed by atoms with Crippen LogP contribution in [0.5, 0.6) is 0 Å². The predicted octanol–water partition coefficient (Wildman–Crippen LogP) is 2.43. The minimum atomic E-state index is 0.223. The monoisotopic (exact) mass is 178 g/mol. The topological polar surface area (TPSA) is 41.8 Å². The van der Waals surface area contributed by atoms with Crippen LogP contribution in [0.15, 0.2) is 6.07 Å². The minimum absolute atomic E-state index is 0.223. The molecular weight excluding hydrogens is 160 g/mol. The highest BCUT2D eigenvalue weighted by Gasteiger charge is 2.25. The molecule has 0 aromatic carbocycles. The van der Waals surface area contributed by atoms with Gasteiger partial charge in [-0.1, -0.05) is 12.8 Å². The number of aryl methyl sites for hydroxylation is 2. The standard InChI is InChI=1S/C11H18N2/c1-7-5-8(2)13-11(7)10(12)6-9-3-4-9/h5,9-10,13H,3-4,6,12H2,1-2H3. The molecule has 1 aliphatic rings. The van der Waals surface area contributed by atoms with Gasteiger partial charge in [0, 0.05) is 17.4 Å². The van der Waals surface area contributed by atoms with E-state index in [1.54, 1.807) is 0 Å². The van der Waals surface area contributed by atoms with Gasteiger partial charge in [-0.2, -0.15) is 0 Å². The van der Waals surface area contributed by atoms with Gasteiger partial charge in [0.05, 0.1) is 0 Å². The maximum atomic E-state index is 6.12. The van der Waals surface area contributed by atoms with Crippen molar-refractivity contribution in [2.24, 2.45) is 11.7 Å². The number of hydrogen-bond donors (Lipinski definition) is 2. The van der Waals surface area contributed by atoms with Crippen molar-refractivity contribution in [3.05, 3.63) is 23.0 Å². The third-order valence-corrected chi connectivity index (χ3v) is 2.84. The number of hydrogen-bond acceptors (Lipinski definition) is 1. The van der Waals surface area contributed by atoms with E-state index < -0.39 is 0 Å². The number of rotatable bonds is 3. The van der Waals surface area contributed by atoms with Crippen LogP contribution >= 0.6 is 0 Å². The van der Waals surface area contributed by atoms with Gasteiger partial charge < -0.3 is 10.7 Å². The van der Waals surface area contributed by atoms with Crippen molar-refractivity contribution in [3.8, 4) is 0 Å². The molecule has 0 amide bonds. The van der Waals surface area contributed by atoms with Gasteiger partial charge in [-0.25, -0.2) is 0 Å². The van der Waals surface area contributed by atoms with Crippen LogP contribution in [0.25, 0.3) is 0 Å². The normalized spacial score (nSPS) is 19.0. The van der Waals surface area contributed by atoms with E-state index in [9.17, 15) is 0 Å². The summed E-state index contributed by atoms with van der Waals surface area (Å²) in [4.78, 5) is 3.35. The number of nitrogens with two attached hydrogens (primary N) is 1. The highest BCUT2D eigenvalue weighted by Crippen LogP contribution is 2.37. The molecule has 1 unspecified atom stereocenters. The third kappa shape index (κ3) is 1.94. The SMILES string of the molecule is Cc1cc(C)c(C(N)CC2CC2)[nH]1. The predicted molar refractivity (Wildman–Crippen MR) is 54.5 cm³/mol. The molecule has 3 N–H and O–H groups in total. The van der Waals surface area contributed by atoms with Gasteiger partial charge in [-0.3, -0.25) is 0 Å². The van der Waals surface area contributed by atoms with Crippen LogP contribution < -0.4 is 5.73 Å². The van der Waals surface area contributed by atoms with Crippen LogP contribution in [0.2, 0.25) is 0 Å². The van der Waals surface area contributed by atoms with E-state index >= 15 is 0 Å². The van der Waals surface area contributed by atoms with Gasteiger partial charge in [0.2, 0.25) is 0 Å². The van der Waals surface area contributed by atoms with Gasteiger partial charge >= 0.3 is 0 Å². The van der Waals surface area contributed by atoms with Gasteiger partial charge in [0.15, 0.2) is 0 Å². The van der Waals surface area contributed by atoms with Gasteiger partial charge in [0.1, 0.15) is 0 Å². The Labute approximate surface area is 79.5 Å². The zero-order chi connectivity index (χ0) is 9.42. The summed E-state index contributed by atoms with van der Waals surface area (Å²) >= 11 is 0. The lowest BCUT2D eigenvalue weighted by Gasteiger charge is -2.10. The molecule has 1 aliphatic carbocycles. The highest BCUT2D eigenvalue weighted by molar-refractivity contribution is 5.26. The van der Waals surface area contributed by atoms with E-state index in [1.165, 1.54) is 29.8 Å². The zero-order valence-corrected chi connectivity index (χ0v) is 8.43. The maximum absolute atomic E-state index is 6.12. The molecule has 72 valence electrons. The molecule has 2 nitrogen and oxygen atoms in total. The Morgan fingerprint density at radius 3 is 2.69 bits per heavy atom. The van der Waals surface area contributed by atoms with Gasteiger partial charge in [0.25, 0.3) is 0 Å².